The van der Waals surface area contributed by atoms with Gasteiger partial charge in [0.25, 0.3) is 0 Å². The fourth-order valence-corrected chi connectivity index (χ4v) is 31.7. The van der Waals surface area contributed by atoms with E-state index in [1.54, 1.807) is 58.7 Å². The summed E-state index contributed by atoms with van der Waals surface area (Å²) in [5.74, 6) is 0. The number of benzene rings is 3. The van der Waals surface area contributed by atoms with E-state index < -0.39 is 18.4 Å². The average Bonchev–Trinajstić information content (AvgIpc) is 4.51. The molecule has 19 heteroatoms. The first-order valence-corrected chi connectivity index (χ1v) is 40.9. The molecule has 450 valence electrons. The van der Waals surface area contributed by atoms with Crippen LogP contribution in [0.15, 0.2) is 168 Å². The normalized spacial score (nSPS) is 14.6. The molecule has 7 heterocycles. The molecule has 4 aromatic heterocycles. The van der Waals surface area contributed by atoms with Gasteiger partial charge in [0, 0.05) is 58.2 Å². The number of rotatable bonds is 18. The van der Waals surface area contributed by atoms with Crippen LogP contribution in [0, 0.1) is 6.92 Å². The van der Waals surface area contributed by atoms with Crippen molar-refractivity contribution in [2.75, 3.05) is 39.3 Å². The average molecular weight is 1350 g/mol. The second kappa shape index (κ2) is 38.7. The summed E-state index contributed by atoms with van der Waals surface area (Å²) >= 11 is 5.24. The first-order chi connectivity index (χ1) is 41.4. The van der Waals surface area contributed by atoms with Crippen LogP contribution in [0.3, 0.4) is 0 Å². The predicted molar refractivity (Wildman–Crippen MR) is 369 cm³/mol. The van der Waals surface area contributed by atoms with Gasteiger partial charge in [0.05, 0.1) is 17.6 Å². The number of hydrogen-bond acceptors (Lipinski definition) is 14. The predicted octanol–water partition coefficient (Wildman–Crippen LogP) is 14.6. The molecular weight excluding hydrogens is 1260 g/mol. The van der Waals surface area contributed by atoms with Crippen LogP contribution in [0.5, 0.6) is 0 Å². The summed E-state index contributed by atoms with van der Waals surface area (Å²) in [7, 11) is -1.06. The van der Waals surface area contributed by atoms with E-state index >= 15 is 0 Å². The van der Waals surface area contributed by atoms with Crippen LogP contribution in [-0.4, -0.2) is 138 Å². The monoisotopic (exact) mass is 1350 g/mol. The first kappa shape index (κ1) is 69.6. The number of halogens is 1. The van der Waals surface area contributed by atoms with Crippen LogP contribution in [0.2, 0.25) is 33.8 Å². The quantitative estimate of drug-likeness (QED) is 0.0703. The molecule has 3 N–H and O–H groups in total. The molecule has 3 fully saturated rings. The minimum atomic E-state index is -2.12. The molecule has 7 aromatic rings. The SMILES string of the molecule is CB(O)N1CCC(=C(Br)c2ccccc2)CC1.CB(O)N1CCC(=C(c2ccccc2)c2cnccn2)CC1.CB(O)N1CCC(=C(c2ccccc2)c2nccs2)CC1.CCC[CH2][Sn]([CH2]CCC)([CH2]CCC)[c]1nccs1.Cc1cnccn1. The topological polar surface area (TPSA) is 148 Å². The van der Waals surface area contributed by atoms with Crippen molar-refractivity contribution >= 4 is 96.8 Å². The fraction of sp³-hybridized carbons (Fsp3) is 0.424. The number of aromatic nitrogens is 6. The third kappa shape index (κ3) is 22.9. The zero-order chi connectivity index (χ0) is 60.7. The molecule has 0 spiro atoms. The van der Waals surface area contributed by atoms with E-state index in [9.17, 15) is 15.1 Å². The standard InChI is InChI=1S/C17H20BN3O.C16H19BN2OS.C13H17BBrNO.C5H6N2.3C4H9.C3H2NS.Sn/c1-18(22)21-11-7-15(8-12-21)17(14-5-3-2-4-6-14)16-13-19-9-10-20-16;1-17(20)19-10-7-14(8-11-19)15(16-18-9-12-21-16)13-5-3-2-4-6-13;1-14(17)16-9-7-12(8-10-16)13(15)11-5-3-2-4-6-11;1-5-4-6-2-3-7-5;3*1-3-4-2;1-2-5-3-4-1;/h2-6,9-10,13,22H,7-8,11-12H2,1H3;2-6,9,12,20H,7-8,10-11H2,1H3;2-6,17H,7-10H2,1H3;2-4H,1H3;3*1,3-4H2,2H3;1-2H;. The Kier molecular flexibility index (Phi) is 31.7. The molecule has 3 aliphatic rings. The van der Waals surface area contributed by atoms with E-state index in [4.69, 9.17) is 4.98 Å². The van der Waals surface area contributed by atoms with Crippen molar-refractivity contribution in [3.05, 3.63) is 201 Å². The Morgan fingerprint density at radius 1 is 0.494 bits per heavy atom. The smallest absolute Gasteiger partial charge is 0.0555 e. The van der Waals surface area contributed by atoms with Crippen molar-refractivity contribution in [1.82, 2.24) is 44.3 Å². The fourth-order valence-electron chi connectivity index (χ4n) is 11.1. The molecule has 10 rings (SSSR count). The molecule has 85 heavy (non-hydrogen) atoms. The molecule has 0 aliphatic carbocycles. The van der Waals surface area contributed by atoms with Crippen LogP contribution in [0.1, 0.15) is 131 Å². The second-order valence-electron chi connectivity index (χ2n) is 22.2. The van der Waals surface area contributed by atoms with Gasteiger partial charge in [-0.25, -0.2) is 4.98 Å². The summed E-state index contributed by atoms with van der Waals surface area (Å²) in [6.07, 6.45) is 28.5. The van der Waals surface area contributed by atoms with Gasteiger partial charge in [-0.2, -0.15) is 0 Å². The number of aryl methyl sites for hydroxylation is 1. The Balaban J connectivity index is 0.000000175. The summed E-state index contributed by atoms with van der Waals surface area (Å²) in [4.78, 5) is 32.1. The van der Waals surface area contributed by atoms with Crippen molar-refractivity contribution in [3.8, 4) is 0 Å². The largest absolute Gasteiger partial charge is 0.261 e. The number of hydrogen-bond donors (Lipinski definition) is 3. The van der Waals surface area contributed by atoms with Crippen LogP contribution < -0.4 is 3.02 Å². The number of thiazole rings is 2. The Labute approximate surface area is 531 Å². The minimum absolute atomic E-state index is 0.327. The van der Waals surface area contributed by atoms with Crippen molar-refractivity contribution < 1.29 is 15.1 Å². The van der Waals surface area contributed by atoms with Crippen LogP contribution in [-0.2, 0) is 0 Å². The van der Waals surface area contributed by atoms with E-state index in [0.717, 1.165) is 94.2 Å². The first-order valence-electron chi connectivity index (χ1n) is 30.9. The molecule has 12 nitrogen and oxygen atoms in total. The molecule has 0 bridgehead atoms. The summed E-state index contributed by atoms with van der Waals surface area (Å²) < 4.78 is 7.46. The van der Waals surface area contributed by atoms with Crippen molar-refractivity contribution in [2.45, 2.75) is 139 Å². The maximum atomic E-state index is 9.72. The Bertz CT molecular complexity index is 2920. The van der Waals surface area contributed by atoms with E-state index in [1.807, 2.05) is 80.9 Å². The molecule has 3 aliphatic heterocycles. The van der Waals surface area contributed by atoms with E-state index in [0.29, 0.717) is 0 Å². The minimum Gasteiger partial charge on any atom is -0.261 e. The third-order valence-corrected chi connectivity index (χ3v) is 36.5. The molecule has 3 saturated heterocycles. The number of nitrogens with zero attached hydrogens (tertiary/aromatic N) is 9. The third-order valence-electron chi connectivity index (χ3n) is 16.0. The van der Waals surface area contributed by atoms with E-state index in [-0.39, 0.29) is 21.2 Å². The van der Waals surface area contributed by atoms with Crippen LogP contribution in [0.4, 0.5) is 0 Å². The molecule has 0 amide bonds. The number of unbranched alkanes of at least 4 members (excludes halogenated alkanes) is 3. The Morgan fingerprint density at radius 3 is 1.27 bits per heavy atom. The van der Waals surface area contributed by atoms with Crippen molar-refractivity contribution in [1.29, 1.82) is 0 Å². The van der Waals surface area contributed by atoms with Gasteiger partial charge in [0.2, 0.25) is 0 Å². The van der Waals surface area contributed by atoms with Gasteiger partial charge in [0.15, 0.2) is 0 Å². The summed E-state index contributed by atoms with van der Waals surface area (Å²) in [5, 5.41) is 34.3. The molecule has 0 radical (unpaired) electrons. The van der Waals surface area contributed by atoms with Crippen LogP contribution in [0.25, 0.3) is 15.6 Å². The van der Waals surface area contributed by atoms with Crippen molar-refractivity contribution in [2.24, 2.45) is 0 Å². The molecular formula is C66H91B3BrN9O3S2Sn. The Hall–Kier alpha value is -4.47. The summed E-state index contributed by atoms with van der Waals surface area (Å²) in [6.45, 7) is 19.9. The van der Waals surface area contributed by atoms with Crippen molar-refractivity contribution in [3.63, 3.8) is 0 Å². The van der Waals surface area contributed by atoms with Gasteiger partial charge < -0.3 is 29.5 Å². The van der Waals surface area contributed by atoms with Gasteiger partial charge >= 0.3 is 143 Å². The summed E-state index contributed by atoms with van der Waals surface area (Å²) in [5.41, 5.74) is 12.3. The summed E-state index contributed by atoms with van der Waals surface area (Å²) in [6, 6.07) is 31.3. The van der Waals surface area contributed by atoms with Crippen LogP contribution >= 0.6 is 38.6 Å². The van der Waals surface area contributed by atoms with Gasteiger partial charge in [-0.3, -0.25) is 19.9 Å². The molecule has 0 unspecified atom stereocenters. The van der Waals surface area contributed by atoms with Gasteiger partial charge in [-0.1, -0.05) is 124 Å². The van der Waals surface area contributed by atoms with Gasteiger partial charge in [0.1, 0.15) is 5.01 Å². The molecule has 0 atom stereocenters. The maximum absolute atomic E-state index is 9.72. The van der Waals surface area contributed by atoms with Gasteiger partial charge in [-0.15, -0.1) is 11.3 Å². The van der Waals surface area contributed by atoms with E-state index in [2.05, 4.69) is 154 Å². The Morgan fingerprint density at radius 2 is 0.906 bits per heavy atom. The maximum Gasteiger partial charge on any atom is 0.0555 e. The van der Waals surface area contributed by atoms with Gasteiger partial charge in [-0.05, 0) is 122 Å². The second-order valence-corrected chi connectivity index (χ2v) is 38.7. The molecule has 0 saturated carbocycles. The number of piperidine rings is 3. The zero-order valence-electron chi connectivity index (χ0n) is 51.6. The van der Waals surface area contributed by atoms with E-state index in [1.165, 1.54) is 87.6 Å². The molecule has 3 aromatic carbocycles. The zero-order valence-corrected chi connectivity index (χ0v) is 57.6.